The molecule has 0 spiro atoms. The molecule has 4 rings (SSSR count). The summed E-state index contributed by atoms with van der Waals surface area (Å²) in [5.74, 6) is 1.09. The standard InChI is InChI=1S/C36H37F3N4O5/c1-22(2)26-8-9-32(46-4)31(15-26)30-16-33(47-5)23(3)11-27(30)21-43(20-25-12-24(17-40)13-28(14-25)36(37,38)39)35-41-18-29(19-42-35)48-10-6-7-34(44)45/h8-9,11-16,18-19,22H,6-7,10,20-21H2,1-5H3,(H,44,45). The molecule has 252 valence electrons. The van der Waals surface area contributed by atoms with Gasteiger partial charge in [-0.1, -0.05) is 19.9 Å². The number of methoxy groups -OCH3 is 2. The molecule has 1 N–H and O–H groups in total. The highest BCUT2D eigenvalue weighted by Crippen LogP contribution is 2.39. The number of hydrogen-bond acceptors (Lipinski definition) is 8. The number of carboxylic acids is 1. The highest BCUT2D eigenvalue weighted by molar-refractivity contribution is 5.76. The van der Waals surface area contributed by atoms with Crippen LogP contribution in [0.1, 0.15) is 66.0 Å². The predicted molar refractivity (Wildman–Crippen MR) is 174 cm³/mol. The van der Waals surface area contributed by atoms with E-state index in [4.69, 9.17) is 19.3 Å². The molecule has 0 radical (unpaired) electrons. The lowest BCUT2D eigenvalue weighted by Gasteiger charge is -2.26. The van der Waals surface area contributed by atoms with Crippen LogP contribution in [0, 0.1) is 18.3 Å². The van der Waals surface area contributed by atoms with Gasteiger partial charge in [-0.25, -0.2) is 9.97 Å². The van der Waals surface area contributed by atoms with E-state index in [2.05, 4.69) is 29.9 Å². The number of benzene rings is 3. The molecule has 0 amide bonds. The zero-order valence-electron chi connectivity index (χ0n) is 27.4. The van der Waals surface area contributed by atoms with Crippen LogP contribution in [0.3, 0.4) is 0 Å². The highest BCUT2D eigenvalue weighted by Gasteiger charge is 2.31. The minimum absolute atomic E-state index is 0.0527. The van der Waals surface area contributed by atoms with Crippen LogP contribution in [0.2, 0.25) is 0 Å². The number of alkyl halides is 3. The van der Waals surface area contributed by atoms with Gasteiger partial charge >= 0.3 is 12.1 Å². The SMILES string of the molecule is COc1cc(-c2cc(C(C)C)ccc2OC)c(CN(Cc2cc(C#N)cc(C(F)(F)F)c2)c2ncc(OCCCC(=O)O)cn2)cc1C. The van der Waals surface area contributed by atoms with Crippen molar-refractivity contribution in [2.24, 2.45) is 0 Å². The van der Waals surface area contributed by atoms with E-state index in [-0.39, 0.29) is 49.1 Å². The Labute approximate surface area is 277 Å². The summed E-state index contributed by atoms with van der Waals surface area (Å²) >= 11 is 0. The minimum Gasteiger partial charge on any atom is -0.496 e. The van der Waals surface area contributed by atoms with E-state index >= 15 is 0 Å². The first-order chi connectivity index (χ1) is 22.8. The average molecular weight is 663 g/mol. The van der Waals surface area contributed by atoms with E-state index in [0.717, 1.165) is 39.9 Å². The number of hydrogen-bond donors (Lipinski definition) is 1. The molecule has 48 heavy (non-hydrogen) atoms. The lowest BCUT2D eigenvalue weighted by molar-refractivity contribution is -0.138. The average Bonchev–Trinajstić information content (AvgIpc) is 3.05. The second-order valence-corrected chi connectivity index (χ2v) is 11.5. The molecule has 0 unspecified atom stereocenters. The molecule has 9 nitrogen and oxygen atoms in total. The van der Waals surface area contributed by atoms with E-state index in [1.54, 1.807) is 19.1 Å². The predicted octanol–water partition coefficient (Wildman–Crippen LogP) is 7.93. The van der Waals surface area contributed by atoms with Crippen LogP contribution in [0.4, 0.5) is 19.1 Å². The Bertz CT molecular complexity index is 1790. The molecule has 12 heteroatoms. The van der Waals surface area contributed by atoms with Crippen molar-refractivity contribution in [1.82, 2.24) is 9.97 Å². The van der Waals surface area contributed by atoms with Gasteiger partial charge in [0.05, 0.1) is 50.4 Å². The minimum atomic E-state index is -4.65. The number of ether oxygens (including phenoxy) is 3. The zero-order chi connectivity index (χ0) is 35.0. The van der Waals surface area contributed by atoms with Gasteiger partial charge in [0.15, 0.2) is 5.75 Å². The Hall–Kier alpha value is -5.31. The summed E-state index contributed by atoms with van der Waals surface area (Å²) < 4.78 is 58.4. The van der Waals surface area contributed by atoms with Gasteiger partial charge in [0.2, 0.25) is 5.95 Å². The number of anilines is 1. The zero-order valence-corrected chi connectivity index (χ0v) is 27.4. The van der Waals surface area contributed by atoms with E-state index < -0.39 is 17.7 Å². The van der Waals surface area contributed by atoms with Gasteiger partial charge in [-0.2, -0.15) is 18.4 Å². The molecule has 0 aliphatic carbocycles. The summed E-state index contributed by atoms with van der Waals surface area (Å²) in [7, 11) is 3.17. The second kappa shape index (κ2) is 15.5. The number of aromatic nitrogens is 2. The molecule has 0 fully saturated rings. The van der Waals surface area contributed by atoms with E-state index in [0.29, 0.717) is 23.7 Å². The summed E-state index contributed by atoms with van der Waals surface area (Å²) in [6, 6.07) is 14.9. The van der Waals surface area contributed by atoms with Crippen molar-refractivity contribution in [1.29, 1.82) is 5.26 Å². The smallest absolute Gasteiger partial charge is 0.416 e. The maximum Gasteiger partial charge on any atom is 0.416 e. The van der Waals surface area contributed by atoms with Gasteiger partial charge < -0.3 is 24.2 Å². The monoisotopic (exact) mass is 662 g/mol. The van der Waals surface area contributed by atoms with Crippen molar-refractivity contribution in [3.8, 4) is 34.4 Å². The van der Waals surface area contributed by atoms with Crippen molar-refractivity contribution in [2.45, 2.75) is 58.8 Å². The third-order valence-electron chi connectivity index (χ3n) is 7.69. The van der Waals surface area contributed by atoms with Crippen molar-refractivity contribution < 1.29 is 37.3 Å². The van der Waals surface area contributed by atoms with Gasteiger partial charge in [-0.3, -0.25) is 4.79 Å². The summed E-state index contributed by atoms with van der Waals surface area (Å²) in [4.78, 5) is 21.5. The lowest BCUT2D eigenvalue weighted by Crippen LogP contribution is -2.25. The molecule has 1 heterocycles. The molecule has 4 aromatic rings. The molecule has 0 atom stereocenters. The van der Waals surface area contributed by atoms with Gasteiger partial charge in [0.25, 0.3) is 0 Å². The first kappa shape index (κ1) is 35.5. The molecular weight excluding hydrogens is 625 g/mol. The Morgan fingerprint density at radius 1 is 0.979 bits per heavy atom. The normalized spacial score (nSPS) is 11.2. The first-order valence-electron chi connectivity index (χ1n) is 15.2. The molecule has 0 aliphatic rings. The molecular formula is C36H37F3N4O5. The maximum absolute atomic E-state index is 13.8. The van der Waals surface area contributed by atoms with Gasteiger partial charge in [-0.15, -0.1) is 0 Å². The number of carboxylic acid groups (broad SMARTS) is 1. The van der Waals surface area contributed by atoms with Crippen LogP contribution in [-0.2, 0) is 24.1 Å². The summed E-state index contributed by atoms with van der Waals surface area (Å²) in [6.45, 7) is 6.32. The van der Waals surface area contributed by atoms with Crippen LogP contribution in [0.25, 0.3) is 11.1 Å². The number of aliphatic carboxylic acids is 1. The lowest BCUT2D eigenvalue weighted by atomic mass is 9.92. The largest absolute Gasteiger partial charge is 0.496 e. The van der Waals surface area contributed by atoms with Gasteiger partial charge in [-0.05, 0) is 89.5 Å². The van der Waals surface area contributed by atoms with Crippen molar-refractivity contribution in [3.05, 3.63) is 94.3 Å². The van der Waals surface area contributed by atoms with Crippen LogP contribution in [-0.4, -0.2) is 41.9 Å². The number of rotatable bonds is 14. The number of carbonyl (C=O) groups is 1. The van der Waals surface area contributed by atoms with E-state index in [1.807, 2.05) is 37.3 Å². The number of halogens is 3. The Morgan fingerprint density at radius 2 is 1.69 bits per heavy atom. The molecule has 0 aliphatic heterocycles. The summed E-state index contributed by atoms with van der Waals surface area (Å²) in [6.07, 6.45) is -1.55. The summed E-state index contributed by atoms with van der Waals surface area (Å²) in [5, 5.41) is 18.4. The number of nitrogens with zero attached hydrogens (tertiary/aromatic N) is 4. The first-order valence-corrected chi connectivity index (χ1v) is 15.2. The quantitative estimate of drug-likeness (QED) is 0.134. The van der Waals surface area contributed by atoms with Gasteiger partial charge in [0.1, 0.15) is 11.5 Å². The second-order valence-electron chi connectivity index (χ2n) is 11.5. The molecule has 0 bridgehead atoms. The number of aryl methyl sites for hydroxylation is 1. The topological polar surface area (TPSA) is 118 Å². The number of nitriles is 1. The van der Waals surface area contributed by atoms with Gasteiger partial charge in [0, 0.05) is 25.1 Å². The molecule has 0 saturated carbocycles. The maximum atomic E-state index is 13.8. The third-order valence-corrected chi connectivity index (χ3v) is 7.69. The highest BCUT2D eigenvalue weighted by atomic mass is 19.4. The fraction of sp³-hybridized carbons (Fsp3) is 0.333. The van der Waals surface area contributed by atoms with Crippen molar-refractivity contribution in [3.63, 3.8) is 0 Å². The molecule has 0 saturated heterocycles. The molecule has 3 aromatic carbocycles. The van der Waals surface area contributed by atoms with Crippen molar-refractivity contribution >= 4 is 11.9 Å². The van der Waals surface area contributed by atoms with E-state index in [9.17, 15) is 23.2 Å². The molecule has 1 aromatic heterocycles. The Kier molecular flexibility index (Phi) is 11.5. The Morgan fingerprint density at radius 3 is 2.29 bits per heavy atom. The van der Waals surface area contributed by atoms with Crippen LogP contribution >= 0.6 is 0 Å². The van der Waals surface area contributed by atoms with Crippen molar-refractivity contribution in [2.75, 3.05) is 25.7 Å². The Balaban J connectivity index is 1.82. The van der Waals surface area contributed by atoms with Crippen LogP contribution in [0.5, 0.6) is 17.2 Å². The fourth-order valence-electron chi connectivity index (χ4n) is 5.24. The van der Waals surface area contributed by atoms with Crippen LogP contribution < -0.4 is 19.1 Å². The van der Waals surface area contributed by atoms with E-state index in [1.165, 1.54) is 18.5 Å². The summed E-state index contributed by atoms with van der Waals surface area (Å²) in [5.41, 5.74) is 3.52. The van der Waals surface area contributed by atoms with Crippen LogP contribution in [0.15, 0.2) is 60.9 Å². The fourth-order valence-corrected chi connectivity index (χ4v) is 5.24. The third kappa shape index (κ3) is 8.94.